The highest BCUT2D eigenvalue weighted by molar-refractivity contribution is 5.92. The molecule has 0 unspecified atom stereocenters. The van der Waals surface area contributed by atoms with E-state index in [-0.39, 0.29) is 18.5 Å². The normalized spacial score (nSPS) is 10.8. The van der Waals surface area contributed by atoms with Crippen molar-refractivity contribution < 1.29 is 14.3 Å². The maximum absolute atomic E-state index is 11.7. The van der Waals surface area contributed by atoms with Crippen molar-refractivity contribution in [2.45, 2.75) is 46.5 Å². The lowest BCUT2D eigenvalue weighted by Gasteiger charge is -2.09. The van der Waals surface area contributed by atoms with Crippen molar-refractivity contribution in [3.63, 3.8) is 0 Å². The molecule has 0 bridgehead atoms. The Kier molecular flexibility index (Phi) is 6.92. The van der Waals surface area contributed by atoms with Crippen LogP contribution in [0.5, 0.6) is 0 Å². The minimum atomic E-state index is -0.325. The molecule has 0 radical (unpaired) electrons. The number of anilines is 1. The second-order valence-electron chi connectivity index (χ2n) is 5.92. The van der Waals surface area contributed by atoms with Crippen LogP contribution in [0.25, 0.3) is 0 Å². The first kappa shape index (κ1) is 17.2. The fourth-order valence-corrected chi connectivity index (χ4v) is 1.77. The van der Waals surface area contributed by atoms with Crippen molar-refractivity contribution in [2.24, 2.45) is 5.92 Å². The van der Waals surface area contributed by atoms with Gasteiger partial charge in [-0.05, 0) is 36.0 Å². The molecule has 0 aliphatic rings. The molecular formula is C17H25NO3. The number of esters is 1. The first-order chi connectivity index (χ1) is 9.88. The third-order valence-electron chi connectivity index (χ3n) is 3.15. The van der Waals surface area contributed by atoms with Crippen LogP contribution >= 0.6 is 0 Å². The van der Waals surface area contributed by atoms with Gasteiger partial charge in [0.05, 0.1) is 0 Å². The largest absolute Gasteiger partial charge is 0.456 e. The minimum absolute atomic E-state index is 0.233. The minimum Gasteiger partial charge on any atom is -0.456 e. The first-order valence-electron chi connectivity index (χ1n) is 7.44. The average Bonchev–Trinajstić information content (AvgIpc) is 2.43. The van der Waals surface area contributed by atoms with Crippen molar-refractivity contribution in [1.82, 2.24) is 0 Å². The van der Waals surface area contributed by atoms with Gasteiger partial charge in [-0.25, -0.2) is 0 Å². The number of nitrogens with one attached hydrogen (secondary N) is 1. The second-order valence-corrected chi connectivity index (χ2v) is 5.92. The molecule has 116 valence electrons. The smallest absolute Gasteiger partial charge is 0.306 e. The third kappa shape index (κ3) is 6.93. The predicted octanol–water partition coefficient (Wildman–Crippen LogP) is 3.73. The number of hydrogen-bond acceptors (Lipinski definition) is 3. The fraction of sp³-hybridized carbons (Fsp3) is 0.529. The molecule has 0 fully saturated rings. The van der Waals surface area contributed by atoms with Crippen LogP contribution in [0.4, 0.5) is 5.69 Å². The number of carbonyl (C=O) groups is 2. The van der Waals surface area contributed by atoms with E-state index in [1.807, 2.05) is 38.1 Å². The lowest BCUT2D eigenvalue weighted by molar-refractivity contribution is -0.147. The Morgan fingerprint density at radius 2 is 1.71 bits per heavy atom. The summed E-state index contributed by atoms with van der Waals surface area (Å²) in [5.41, 5.74) is 1.93. The Morgan fingerprint density at radius 1 is 1.10 bits per heavy atom. The molecule has 0 aliphatic carbocycles. The zero-order chi connectivity index (χ0) is 15.8. The Labute approximate surface area is 126 Å². The molecule has 0 saturated heterocycles. The number of benzene rings is 1. The summed E-state index contributed by atoms with van der Waals surface area (Å²) in [7, 11) is 0. The summed E-state index contributed by atoms with van der Waals surface area (Å²) in [5, 5.41) is 2.71. The van der Waals surface area contributed by atoms with Crippen LogP contribution in [-0.2, 0) is 14.3 Å². The topological polar surface area (TPSA) is 55.4 Å². The Bertz CT molecular complexity index is 463. The first-order valence-corrected chi connectivity index (χ1v) is 7.44. The van der Waals surface area contributed by atoms with Gasteiger partial charge >= 0.3 is 5.97 Å². The van der Waals surface area contributed by atoms with Crippen LogP contribution in [0.1, 0.15) is 52.0 Å². The molecule has 4 heteroatoms. The summed E-state index contributed by atoms with van der Waals surface area (Å²) in [6.45, 7) is 8.08. The standard InChI is InChI=1S/C17H25NO3/c1-12(2)5-10-17(20)21-11-16(19)18-15-8-6-14(7-9-15)13(3)4/h6-9,12-13H,5,10-11H2,1-4H3,(H,18,19). The maximum Gasteiger partial charge on any atom is 0.306 e. The van der Waals surface area contributed by atoms with Gasteiger partial charge in [-0.3, -0.25) is 9.59 Å². The van der Waals surface area contributed by atoms with Crippen LogP contribution in [0, 0.1) is 5.92 Å². The van der Waals surface area contributed by atoms with E-state index >= 15 is 0 Å². The quantitative estimate of drug-likeness (QED) is 0.779. The predicted molar refractivity (Wildman–Crippen MR) is 84.2 cm³/mol. The van der Waals surface area contributed by atoms with Crippen LogP contribution in [-0.4, -0.2) is 18.5 Å². The lowest BCUT2D eigenvalue weighted by atomic mass is 10.0. The molecule has 21 heavy (non-hydrogen) atoms. The van der Waals surface area contributed by atoms with Crippen LogP contribution < -0.4 is 5.32 Å². The van der Waals surface area contributed by atoms with Gasteiger partial charge < -0.3 is 10.1 Å². The highest BCUT2D eigenvalue weighted by Crippen LogP contribution is 2.17. The van der Waals surface area contributed by atoms with E-state index in [9.17, 15) is 9.59 Å². The molecule has 4 nitrogen and oxygen atoms in total. The van der Waals surface area contributed by atoms with Crippen LogP contribution in [0.2, 0.25) is 0 Å². The van der Waals surface area contributed by atoms with Gasteiger partial charge in [0.1, 0.15) is 0 Å². The molecule has 0 aliphatic heterocycles. The molecule has 1 rings (SSSR count). The molecule has 1 aromatic rings. The summed E-state index contributed by atoms with van der Waals surface area (Å²) in [6, 6.07) is 7.67. The summed E-state index contributed by atoms with van der Waals surface area (Å²) in [5.74, 6) is 0.265. The monoisotopic (exact) mass is 291 g/mol. The number of amides is 1. The SMILES string of the molecule is CC(C)CCC(=O)OCC(=O)Nc1ccc(C(C)C)cc1. The Balaban J connectivity index is 2.35. The summed E-state index contributed by atoms with van der Waals surface area (Å²) >= 11 is 0. The Morgan fingerprint density at radius 3 is 2.24 bits per heavy atom. The van der Waals surface area contributed by atoms with Gasteiger partial charge in [-0.15, -0.1) is 0 Å². The third-order valence-corrected chi connectivity index (χ3v) is 3.15. The van der Waals surface area contributed by atoms with Gasteiger partial charge in [-0.1, -0.05) is 39.8 Å². The van der Waals surface area contributed by atoms with Gasteiger partial charge in [-0.2, -0.15) is 0 Å². The lowest BCUT2D eigenvalue weighted by Crippen LogP contribution is -2.21. The van der Waals surface area contributed by atoms with E-state index in [4.69, 9.17) is 4.74 Å². The number of hydrogen-bond donors (Lipinski definition) is 1. The maximum atomic E-state index is 11.7. The molecule has 1 amide bonds. The van der Waals surface area contributed by atoms with Crippen molar-refractivity contribution in [3.8, 4) is 0 Å². The van der Waals surface area contributed by atoms with Crippen molar-refractivity contribution in [2.75, 3.05) is 11.9 Å². The highest BCUT2D eigenvalue weighted by atomic mass is 16.5. The van der Waals surface area contributed by atoms with Crippen molar-refractivity contribution in [1.29, 1.82) is 0 Å². The highest BCUT2D eigenvalue weighted by Gasteiger charge is 2.09. The van der Waals surface area contributed by atoms with Crippen molar-refractivity contribution >= 4 is 17.6 Å². The number of carbonyl (C=O) groups excluding carboxylic acids is 2. The number of ether oxygens (including phenoxy) is 1. The molecule has 0 heterocycles. The van der Waals surface area contributed by atoms with Gasteiger partial charge in [0.2, 0.25) is 0 Å². The molecule has 0 aromatic heterocycles. The van der Waals surface area contributed by atoms with Gasteiger partial charge in [0.25, 0.3) is 5.91 Å². The van der Waals surface area contributed by atoms with Crippen LogP contribution in [0.15, 0.2) is 24.3 Å². The van der Waals surface area contributed by atoms with E-state index in [1.54, 1.807) is 0 Å². The second kappa shape index (κ2) is 8.45. The van der Waals surface area contributed by atoms with Crippen LogP contribution in [0.3, 0.4) is 0 Å². The van der Waals surface area contributed by atoms with E-state index in [0.29, 0.717) is 23.9 Å². The van der Waals surface area contributed by atoms with E-state index in [1.165, 1.54) is 5.56 Å². The molecule has 1 aromatic carbocycles. The molecule has 0 spiro atoms. The summed E-state index contributed by atoms with van der Waals surface area (Å²) in [6.07, 6.45) is 1.13. The number of rotatable bonds is 7. The summed E-state index contributed by atoms with van der Waals surface area (Å²) < 4.78 is 4.94. The molecule has 0 saturated carbocycles. The Hall–Kier alpha value is -1.84. The molecular weight excluding hydrogens is 266 g/mol. The van der Waals surface area contributed by atoms with E-state index in [0.717, 1.165) is 6.42 Å². The average molecular weight is 291 g/mol. The van der Waals surface area contributed by atoms with E-state index < -0.39 is 0 Å². The molecule has 0 atom stereocenters. The summed E-state index contributed by atoms with van der Waals surface area (Å²) in [4.78, 5) is 23.1. The van der Waals surface area contributed by atoms with Gasteiger partial charge in [0, 0.05) is 12.1 Å². The zero-order valence-corrected chi connectivity index (χ0v) is 13.3. The van der Waals surface area contributed by atoms with Crippen molar-refractivity contribution in [3.05, 3.63) is 29.8 Å². The van der Waals surface area contributed by atoms with Gasteiger partial charge in [0.15, 0.2) is 6.61 Å². The fourth-order valence-electron chi connectivity index (χ4n) is 1.77. The zero-order valence-electron chi connectivity index (χ0n) is 13.3. The van der Waals surface area contributed by atoms with E-state index in [2.05, 4.69) is 19.2 Å². The molecule has 1 N–H and O–H groups in total.